The van der Waals surface area contributed by atoms with Crippen LogP contribution in [0.1, 0.15) is 43.2 Å². The summed E-state index contributed by atoms with van der Waals surface area (Å²) in [6, 6.07) is -0.569. The summed E-state index contributed by atoms with van der Waals surface area (Å²) in [5.41, 5.74) is -3.63. The number of hydrogen-bond acceptors (Lipinski definition) is 3. The first-order chi connectivity index (χ1) is 14.9. The molecule has 2 aliphatic heterocycles. The highest BCUT2D eigenvalue weighted by Gasteiger charge is 2.37. The normalized spacial score (nSPS) is 20.7. The quantitative estimate of drug-likeness (QED) is 0.591. The van der Waals surface area contributed by atoms with Crippen LogP contribution in [-0.2, 0) is 17.1 Å². The zero-order valence-electron chi connectivity index (χ0n) is 17.1. The predicted molar refractivity (Wildman–Crippen MR) is 104 cm³/mol. The summed E-state index contributed by atoms with van der Waals surface area (Å²) in [7, 11) is 0. The highest BCUT2D eigenvalue weighted by Crippen LogP contribution is 2.37. The molecule has 12 heteroatoms. The van der Waals surface area contributed by atoms with Gasteiger partial charge in [0, 0.05) is 24.8 Å². The third-order valence-electron chi connectivity index (χ3n) is 5.60. The van der Waals surface area contributed by atoms with Crippen LogP contribution in [0.15, 0.2) is 18.2 Å². The monoisotopic (exact) mass is 466 g/mol. The van der Waals surface area contributed by atoms with E-state index in [9.17, 15) is 35.9 Å². The first-order valence-corrected chi connectivity index (χ1v) is 10.3. The molecule has 3 N–H and O–H groups in total. The van der Waals surface area contributed by atoms with E-state index in [1.165, 1.54) is 0 Å². The van der Waals surface area contributed by atoms with Crippen LogP contribution in [0.2, 0.25) is 0 Å². The fourth-order valence-corrected chi connectivity index (χ4v) is 3.91. The summed E-state index contributed by atoms with van der Waals surface area (Å²) in [4.78, 5) is 26.4. The number of hydrogen-bond donors (Lipinski definition) is 3. The smallest absolute Gasteiger partial charge is 0.341 e. The predicted octanol–water partition coefficient (Wildman–Crippen LogP) is 3.98. The van der Waals surface area contributed by atoms with E-state index >= 15 is 0 Å². The van der Waals surface area contributed by atoms with E-state index < -0.39 is 35.2 Å². The molecule has 32 heavy (non-hydrogen) atoms. The molecular weight excluding hydrogens is 442 g/mol. The minimum absolute atomic E-state index is 0.00299. The molecule has 2 heterocycles. The first kappa shape index (κ1) is 24.1. The van der Waals surface area contributed by atoms with Crippen molar-refractivity contribution in [2.24, 2.45) is 0 Å². The number of rotatable bonds is 3. The second kappa shape index (κ2) is 9.55. The highest BCUT2D eigenvalue weighted by molar-refractivity contribution is 5.89. The van der Waals surface area contributed by atoms with E-state index in [1.54, 1.807) is 4.90 Å². The molecule has 0 bridgehead atoms. The van der Waals surface area contributed by atoms with Gasteiger partial charge < -0.3 is 20.9 Å². The van der Waals surface area contributed by atoms with Crippen molar-refractivity contribution in [2.45, 2.75) is 56.5 Å². The molecule has 0 unspecified atom stereocenters. The van der Waals surface area contributed by atoms with Crippen molar-refractivity contribution in [1.29, 1.82) is 0 Å². The SMILES string of the molecule is O=C(Nc1cc(C(F)(F)F)cc(C(F)(F)F)c1)NC1CCN(C(=O)[C@@H]2CCCCN2)CC1. The van der Waals surface area contributed by atoms with E-state index in [1.807, 2.05) is 0 Å². The van der Waals surface area contributed by atoms with E-state index in [2.05, 4.69) is 16.0 Å². The van der Waals surface area contributed by atoms with Gasteiger partial charge in [-0.2, -0.15) is 26.3 Å². The topological polar surface area (TPSA) is 73.5 Å². The van der Waals surface area contributed by atoms with Gasteiger partial charge in [0.2, 0.25) is 5.91 Å². The number of urea groups is 1. The van der Waals surface area contributed by atoms with Gasteiger partial charge in [-0.25, -0.2) is 4.79 Å². The molecule has 0 saturated carbocycles. The van der Waals surface area contributed by atoms with E-state index in [-0.39, 0.29) is 24.1 Å². The lowest BCUT2D eigenvalue weighted by Crippen LogP contribution is -2.53. The number of likely N-dealkylation sites (tertiary alicyclic amines) is 1. The number of halogens is 6. The molecule has 3 rings (SSSR count). The molecule has 1 aromatic rings. The average molecular weight is 466 g/mol. The van der Waals surface area contributed by atoms with Gasteiger partial charge in [0.15, 0.2) is 0 Å². The van der Waals surface area contributed by atoms with Crippen molar-refractivity contribution < 1.29 is 35.9 Å². The maximum atomic E-state index is 13.0. The molecular formula is C20H24F6N4O2. The van der Waals surface area contributed by atoms with Crippen molar-refractivity contribution in [2.75, 3.05) is 25.0 Å². The minimum Gasteiger partial charge on any atom is -0.341 e. The third kappa shape index (κ3) is 6.27. The van der Waals surface area contributed by atoms with Gasteiger partial charge in [-0.1, -0.05) is 6.42 Å². The van der Waals surface area contributed by atoms with Crippen molar-refractivity contribution in [3.05, 3.63) is 29.3 Å². The number of nitrogens with one attached hydrogen (secondary N) is 3. The molecule has 178 valence electrons. The number of alkyl halides is 6. The number of carbonyl (C=O) groups excluding carboxylic acids is 2. The number of carbonyl (C=O) groups is 2. The van der Waals surface area contributed by atoms with Crippen LogP contribution in [0.4, 0.5) is 36.8 Å². The standard InChI is InChI=1S/C20H24F6N4O2/c21-19(22,23)12-9-13(20(24,25)26)11-15(10-12)29-18(32)28-14-4-7-30(8-5-14)17(31)16-3-1-2-6-27-16/h9-11,14,16,27H,1-8H2,(H2,28,29,32)/t16-/m0/s1. The van der Waals surface area contributed by atoms with Crippen LogP contribution in [-0.4, -0.2) is 48.6 Å². The number of anilines is 1. The molecule has 0 aromatic heterocycles. The van der Waals surface area contributed by atoms with E-state index in [4.69, 9.17) is 0 Å². The molecule has 0 spiro atoms. The molecule has 3 amide bonds. The minimum atomic E-state index is -5.00. The van der Waals surface area contributed by atoms with Crippen molar-refractivity contribution in [1.82, 2.24) is 15.5 Å². The highest BCUT2D eigenvalue weighted by atomic mass is 19.4. The largest absolute Gasteiger partial charge is 0.416 e. The Kier molecular flexibility index (Phi) is 7.21. The number of amides is 3. The van der Waals surface area contributed by atoms with Crippen molar-refractivity contribution in [3.8, 4) is 0 Å². The maximum absolute atomic E-state index is 13.0. The van der Waals surface area contributed by atoms with Crippen molar-refractivity contribution in [3.63, 3.8) is 0 Å². The van der Waals surface area contributed by atoms with Gasteiger partial charge in [-0.15, -0.1) is 0 Å². The summed E-state index contributed by atoms with van der Waals surface area (Å²) in [6.07, 6.45) is -6.35. The fraction of sp³-hybridized carbons (Fsp3) is 0.600. The van der Waals surface area contributed by atoms with Crippen LogP contribution >= 0.6 is 0 Å². The number of benzene rings is 1. The summed E-state index contributed by atoms with van der Waals surface area (Å²) in [5.74, 6) is 0.0104. The molecule has 2 aliphatic rings. The third-order valence-corrected chi connectivity index (χ3v) is 5.60. The van der Waals surface area contributed by atoms with Crippen LogP contribution in [0.5, 0.6) is 0 Å². The Balaban J connectivity index is 1.56. The lowest BCUT2D eigenvalue weighted by Gasteiger charge is -2.35. The van der Waals surface area contributed by atoms with Gasteiger partial charge in [0.1, 0.15) is 0 Å². The molecule has 1 atom stereocenters. The lowest BCUT2D eigenvalue weighted by atomic mass is 10.0. The summed E-state index contributed by atoms with van der Waals surface area (Å²) >= 11 is 0. The average Bonchev–Trinajstić information content (AvgIpc) is 2.73. The van der Waals surface area contributed by atoms with Gasteiger partial charge in [0.25, 0.3) is 0 Å². The molecule has 1 aromatic carbocycles. The molecule has 2 saturated heterocycles. The van der Waals surface area contributed by atoms with Crippen LogP contribution in [0.3, 0.4) is 0 Å². The van der Waals surface area contributed by atoms with Crippen molar-refractivity contribution >= 4 is 17.6 Å². The Bertz CT molecular complexity index is 796. The molecule has 0 radical (unpaired) electrons. The number of piperidine rings is 2. The zero-order chi connectivity index (χ0) is 23.5. The van der Waals surface area contributed by atoms with Crippen LogP contribution < -0.4 is 16.0 Å². The second-order valence-corrected chi connectivity index (χ2v) is 8.00. The maximum Gasteiger partial charge on any atom is 0.416 e. The van der Waals surface area contributed by atoms with Gasteiger partial charge in [0.05, 0.1) is 17.2 Å². The molecule has 0 aliphatic carbocycles. The van der Waals surface area contributed by atoms with Crippen LogP contribution in [0.25, 0.3) is 0 Å². The zero-order valence-corrected chi connectivity index (χ0v) is 17.1. The Morgan fingerprint density at radius 2 is 1.50 bits per heavy atom. The summed E-state index contributed by atoms with van der Waals surface area (Å²) in [6.45, 7) is 1.60. The Morgan fingerprint density at radius 3 is 2.00 bits per heavy atom. The molecule has 2 fully saturated rings. The van der Waals surface area contributed by atoms with Gasteiger partial charge >= 0.3 is 18.4 Å². The Labute approximate surface area is 180 Å². The number of nitrogens with zero attached hydrogens (tertiary/aromatic N) is 1. The van der Waals surface area contributed by atoms with E-state index in [0.29, 0.717) is 38.1 Å². The summed E-state index contributed by atoms with van der Waals surface area (Å²) in [5, 5.41) is 7.80. The first-order valence-electron chi connectivity index (χ1n) is 10.3. The lowest BCUT2D eigenvalue weighted by molar-refractivity contribution is -0.143. The fourth-order valence-electron chi connectivity index (χ4n) is 3.91. The molecule has 6 nitrogen and oxygen atoms in total. The second-order valence-electron chi connectivity index (χ2n) is 8.00. The summed E-state index contributed by atoms with van der Waals surface area (Å²) < 4.78 is 77.7. The Hall–Kier alpha value is -2.50. The van der Waals surface area contributed by atoms with Gasteiger partial charge in [-0.3, -0.25) is 4.79 Å². The van der Waals surface area contributed by atoms with E-state index in [0.717, 1.165) is 25.8 Å². The van der Waals surface area contributed by atoms with Crippen LogP contribution in [0, 0.1) is 0 Å². The van der Waals surface area contributed by atoms with Gasteiger partial charge in [-0.05, 0) is 50.4 Å². The Morgan fingerprint density at radius 1 is 0.906 bits per heavy atom.